The van der Waals surface area contributed by atoms with Gasteiger partial charge in [-0.1, -0.05) is 80.1 Å². The average molecular weight is 810 g/mol. The largest absolute Gasteiger partial charge is 0.464 e. The SMILES string of the molecule is CCCCOC[C@H]1O[C@@](O)(C(F)(F)CNCCCC[C@H](C)C(=O)N[C@@H](C)C(=O)N[C@@H](C)C(=O)OCCCC)[C@H](OCCCC)[C@@H](OCCCC)[C@H]1OCCCC. The summed E-state index contributed by atoms with van der Waals surface area (Å²) in [6.07, 6.45) is 4.88. The monoisotopic (exact) mass is 810 g/mol. The van der Waals surface area contributed by atoms with Crippen LogP contribution in [0, 0.1) is 5.92 Å². The van der Waals surface area contributed by atoms with Crippen molar-refractivity contribution in [1.82, 2.24) is 16.0 Å². The second-order valence-corrected chi connectivity index (χ2v) is 15.1. The van der Waals surface area contributed by atoms with Crippen LogP contribution in [-0.2, 0) is 42.8 Å². The van der Waals surface area contributed by atoms with E-state index in [9.17, 15) is 19.5 Å². The predicted octanol–water partition coefficient (Wildman–Crippen LogP) is 5.83. The highest BCUT2D eigenvalue weighted by Gasteiger charge is 2.67. The molecule has 8 atom stereocenters. The molecule has 1 rings (SSSR count). The lowest BCUT2D eigenvalue weighted by Gasteiger charge is -2.52. The molecule has 1 heterocycles. The van der Waals surface area contributed by atoms with Crippen molar-refractivity contribution in [2.75, 3.05) is 52.7 Å². The maximum absolute atomic E-state index is 16.4. The van der Waals surface area contributed by atoms with Crippen LogP contribution in [0.2, 0.25) is 0 Å². The van der Waals surface area contributed by atoms with Gasteiger partial charge in [-0.3, -0.25) is 9.59 Å². The van der Waals surface area contributed by atoms with E-state index in [1.807, 2.05) is 34.6 Å². The van der Waals surface area contributed by atoms with Gasteiger partial charge in [-0.25, -0.2) is 4.79 Å². The Bertz CT molecular complexity index is 1080. The van der Waals surface area contributed by atoms with Crippen LogP contribution in [0.4, 0.5) is 8.78 Å². The summed E-state index contributed by atoms with van der Waals surface area (Å²) in [5.41, 5.74) is 0. The Morgan fingerprint density at radius 3 is 1.86 bits per heavy atom. The first-order chi connectivity index (χ1) is 26.7. The second kappa shape index (κ2) is 29.2. The van der Waals surface area contributed by atoms with Crippen molar-refractivity contribution in [1.29, 1.82) is 0 Å². The quantitative estimate of drug-likeness (QED) is 0.0466. The summed E-state index contributed by atoms with van der Waals surface area (Å²) in [5, 5.41) is 20.0. The molecule has 1 aliphatic rings. The van der Waals surface area contributed by atoms with Gasteiger partial charge >= 0.3 is 11.9 Å². The average Bonchev–Trinajstić information content (AvgIpc) is 3.16. The number of hydrogen-bond donors (Lipinski definition) is 4. The summed E-state index contributed by atoms with van der Waals surface area (Å²) < 4.78 is 68.4. The Hall–Kier alpha value is -2.01. The van der Waals surface area contributed by atoms with Gasteiger partial charge in [0.15, 0.2) is 0 Å². The number of carbonyl (C=O) groups is 3. The maximum atomic E-state index is 16.4. The number of halogens is 2. The first kappa shape index (κ1) is 52.0. The van der Waals surface area contributed by atoms with Crippen LogP contribution in [0.25, 0.3) is 0 Å². The predicted molar refractivity (Wildman–Crippen MR) is 211 cm³/mol. The number of hydrogen-bond acceptors (Lipinski definition) is 11. The normalized spacial score (nSPS) is 23.0. The molecule has 0 radical (unpaired) electrons. The van der Waals surface area contributed by atoms with Gasteiger partial charge in [-0.05, 0) is 65.3 Å². The lowest BCUT2D eigenvalue weighted by Crippen LogP contribution is -2.74. The van der Waals surface area contributed by atoms with E-state index >= 15 is 8.78 Å². The molecule has 13 nitrogen and oxygen atoms in total. The molecule has 0 aromatic carbocycles. The third-order valence-electron chi connectivity index (χ3n) is 9.81. The zero-order valence-electron chi connectivity index (χ0n) is 35.8. The van der Waals surface area contributed by atoms with Crippen LogP contribution < -0.4 is 16.0 Å². The number of esters is 1. The molecule has 0 aromatic rings. The van der Waals surface area contributed by atoms with E-state index in [1.165, 1.54) is 13.8 Å². The fraction of sp³-hybridized carbons (Fsp3) is 0.927. The summed E-state index contributed by atoms with van der Waals surface area (Å²) in [4.78, 5) is 37.4. The molecule has 4 N–H and O–H groups in total. The molecule has 2 amide bonds. The topological polar surface area (TPSA) is 163 Å². The van der Waals surface area contributed by atoms with Crippen molar-refractivity contribution in [3.8, 4) is 0 Å². The van der Waals surface area contributed by atoms with Gasteiger partial charge in [0.25, 0.3) is 5.79 Å². The van der Waals surface area contributed by atoms with Crippen LogP contribution in [-0.4, -0.2) is 124 Å². The summed E-state index contributed by atoms with van der Waals surface area (Å²) in [6.45, 7) is 15.5. The molecule has 56 heavy (non-hydrogen) atoms. The highest BCUT2D eigenvalue weighted by molar-refractivity contribution is 5.90. The fourth-order valence-electron chi connectivity index (χ4n) is 5.98. The summed E-state index contributed by atoms with van der Waals surface area (Å²) in [5.74, 6) is -8.68. The smallest absolute Gasteiger partial charge is 0.328 e. The van der Waals surface area contributed by atoms with Gasteiger partial charge in [0.1, 0.15) is 36.5 Å². The molecule has 1 saturated heterocycles. The van der Waals surface area contributed by atoms with Gasteiger partial charge in [0, 0.05) is 32.3 Å². The van der Waals surface area contributed by atoms with Gasteiger partial charge in [-0.2, -0.15) is 8.78 Å². The van der Waals surface area contributed by atoms with Crippen molar-refractivity contribution in [3.05, 3.63) is 0 Å². The van der Waals surface area contributed by atoms with Crippen molar-refractivity contribution in [3.63, 3.8) is 0 Å². The second-order valence-electron chi connectivity index (χ2n) is 15.1. The molecular weight excluding hydrogens is 732 g/mol. The molecule has 330 valence electrons. The first-order valence-electron chi connectivity index (χ1n) is 21.4. The van der Waals surface area contributed by atoms with E-state index in [0.29, 0.717) is 45.3 Å². The van der Waals surface area contributed by atoms with E-state index in [4.69, 9.17) is 28.4 Å². The lowest BCUT2D eigenvalue weighted by molar-refractivity contribution is -0.420. The number of carbonyl (C=O) groups excluding carboxylic acids is 3. The molecule has 1 fully saturated rings. The summed E-state index contributed by atoms with van der Waals surface area (Å²) in [6, 6.07) is -1.73. The van der Waals surface area contributed by atoms with Crippen LogP contribution >= 0.6 is 0 Å². The van der Waals surface area contributed by atoms with Crippen molar-refractivity contribution < 1.29 is 56.7 Å². The molecule has 0 bridgehead atoms. The number of amides is 2. The number of ether oxygens (including phenoxy) is 6. The van der Waals surface area contributed by atoms with Gasteiger partial charge in [0.05, 0.1) is 19.8 Å². The Balaban J connectivity index is 2.92. The lowest BCUT2D eigenvalue weighted by atomic mass is 9.87. The van der Waals surface area contributed by atoms with Crippen LogP contribution in [0.3, 0.4) is 0 Å². The Kier molecular flexibility index (Phi) is 27.2. The third-order valence-corrected chi connectivity index (χ3v) is 9.81. The van der Waals surface area contributed by atoms with Crippen LogP contribution in [0.5, 0.6) is 0 Å². The number of rotatable bonds is 33. The first-order valence-corrected chi connectivity index (χ1v) is 21.4. The number of alkyl halides is 2. The van der Waals surface area contributed by atoms with Gasteiger partial charge < -0.3 is 49.5 Å². The van der Waals surface area contributed by atoms with Crippen LogP contribution in [0.15, 0.2) is 0 Å². The number of aliphatic hydroxyl groups is 1. The molecule has 0 aromatic heterocycles. The van der Waals surface area contributed by atoms with Gasteiger partial charge in [0.2, 0.25) is 11.8 Å². The van der Waals surface area contributed by atoms with E-state index in [0.717, 1.165) is 51.4 Å². The highest BCUT2D eigenvalue weighted by atomic mass is 19.3. The van der Waals surface area contributed by atoms with Crippen molar-refractivity contribution in [2.24, 2.45) is 5.92 Å². The minimum atomic E-state index is -3.81. The molecule has 0 saturated carbocycles. The molecule has 0 aliphatic carbocycles. The molecule has 0 unspecified atom stereocenters. The molecule has 1 aliphatic heterocycles. The minimum absolute atomic E-state index is 0.0555. The van der Waals surface area contributed by atoms with E-state index in [2.05, 4.69) is 16.0 Å². The van der Waals surface area contributed by atoms with E-state index in [1.54, 1.807) is 6.92 Å². The van der Waals surface area contributed by atoms with E-state index in [-0.39, 0.29) is 38.9 Å². The fourth-order valence-corrected chi connectivity index (χ4v) is 5.98. The Labute approximate surface area is 335 Å². The number of nitrogens with one attached hydrogen (secondary N) is 3. The van der Waals surface area contributed by atoms with Crippen molar-refractivity contribution >= 4 is 17.8 Å². The molecule has 15 heteroatoms. The van der Waals surface area contributed by atoms with Gasteiger partial charge in [-0.15, -0.1) is 0 Å². The molecular formula is C41H77F2N3O10. The van der Waals surface area contributed by atoms with Crippen LogP contribution in [0.1, 0.15) is 139 Å². The van der Waals surface area contributed by atoms with Crippen molar-refractivity contribution in [2.45, 2.75) is 187 Å². The molecule has 0 spiro atoms. The Morgan fingerprint density at radius 2 is 1.25 bits per heavy atom. The standard InChI is InChI=1S/C41H77F2N3O10/c1-9-14-23-51-28-33-34(52-24-15-10-2)35(53-25-16-11-3)36(54-26-17-12-4)41(50,56-33)40(42,43)29-44-22-20-19-21-30(6)37(47)45-31(7)38(48)46-32(8)39(49)55-27-18-13-5/h30-36,44,50H,9-29H2,1-8H3,(H,45,47)(H,46,48)/t30-,31-,32-,33+,34-,35-,36+,41+/m0/s1. The zero-order chi connectivity index (χ0) is 42.0. The maximum Gasteiger partial charge on any atom is 0.328 e. The minimum Gasteiger partial charge on any atom is -0.464 e. The number of unbranched alkanes of at least 4 members (excludes halogenated alkanes) is 6. The van der Waals surface area contributed by atoms with E-state index < -0.39 is 72.5 Å². The Morgan fingerprint density at radius 1 is 0.714 bits per heavy atom. The summed E-state index contributed by atoms with van der Waals surface area (Å²) in [7, 11) is 0. The highest BCUT2D eigenvalue weighted by Crippen LogP contribution is 2.43. The summed E-state index contributed by atoms with van der Waals surface area (Å²) >= 11 is 0. The third kappa shape index (κ3) is 18.3. The zero-order valence-corrected chi connectivity index (χ0v) is 35.8.